The molecular formula is C24H22ClFO3. The number of ether oxygens (including phenoxy) is 1. The van der Waals surface area contributed by atoms with E-state index < -0.39 is 11.8 Å². The molecule has 0 aliphatic heterocycles. The molecule has 0 amide bonds. The maximum Gasteiger partial charge on any atom is 0.307 e. The third-order valence-electron chi connectivity index (χ3n) is 5.92. The van der Waals surface area contributed by atoms with E-state index in [9.17, 15) is 14.0 Å². The van der Waals surface area contributed by atoms with E-state index in [4.69, 9.17) is 16.3 Å². The van der Waals surface area contributed by atoms with E-state index in [2.05, 4.69) is 0 Å². The molecular weight excluding hydrogens is 391 g/mol. The average molecular weight is 413 g/mol. The zero-order valence-corrected chi connectivity index (χ0v) is 17.2. The number of benzene rings is 2. The number of carbonyl (C=O) groups excluding carboxylic acids is 2. The van der Waals surface area contributed by atoms with Crippen LogP contribution in [0.25, 0.3) is 16.7 Å². The van der Waals surface area contributed by atoms with Gasteiger partial charge in [0.2, 0.25) is 0 Å². The molecule has 29 heavy (non-hydrogen) atoms. The molecule has 3 nitrogen and oxygen atoms in total. The Morgan fingerprint density at radius 2 is 1.90 bits per heavy atom. The lowest BCUT2D eigenvalue weighted by molar-refractivity contribution is -0.137. The molecule has 1 saturated carbocycles. The molecule has 2 aromatic rings. The Morgan fingerprint density at radius 1 is 1.14 bits per heavy atom. The van der Waals surface area contributed by atoms with E-state index >= 15 is 0 Å². The Kier molecular flexibility index (Phi) is 5.30. The van der Waals surface area contributed by atoms with E-state index in [1.54, 1.807) is 12.1 Å². The summed E-state index contributed by atoms with van der Waals surface area (Å²) in [6.07, 6.45) is 3.09. The molecule has 0 heterocycles. The minimum Gasteiger partial charge on any atom is -0.430 e. The van der Waals surface area contributed by atoms with Crippen LogP contribution in [0.2, 0.25) is 5.02 Å². The Morgan fingerprint density at radius 3 is 2.59 bits per heavy atom. The summed E-state index contributed by atoms with van der Waals surface area (Å²) < 4.78 is 20.1. The fourth-order valence-corrected chi connectivity index (χ4v) is 4.71. The SMILES string of the molecule is CCc1ccc(-c2ccc(Cl)cc2F)cc1C1=C(OC(C)=O)[C@H]2CC[C@@H](C2)C1=O. The van der Waals surface area contributed by atoms with Crippen molar-refractivity contribution in [1.29, 1.82) is 0 Å². The van der Waals surface area contributed by atoms with Gasteiger partial charge in [-0.25, -0.2) is 4.39 Å². The highest BCUT2D eigenvalue weighted by atomic mass is 35.5. The van der Waals surface area contributed by atoms with Gasteiger partial charge in [-0.2, -0.15) is 0 Å². The summed E-state index contributed by atoms with van der Waals surface area (Å²) in [5.74, 6) is -0.282. The maximum absolute atomic E-state index is 14.5. The third kappa shape index (κ3) is 3.62. The Balaban J connectivity index is 1.92. The molecule has 0 saturated heterocycles. The number of Topliss-reactive ketones (excluding diaryl/α,β-unsaturated/α-hetero) is 1. The Hall–Kier alpha value is -2.46. The van der Waals surface area contributed by atoms with Crippen LogP contribution in [0, 0.1) is 17.7 Å². The van der Waals surface area contributed by atoms with Crippen LogP contribution in [-0.4, -0.2) is 11.8 Å². The quantitative estimate of drug-likeness (QED) is 0.580. The molecule has 4 rings (SSSR count). The lowest BCUT2D eigenvalue weighted by Crippen LogP contribution is -2.24. The van der Waals surface area contributed by atoms with E-state index in [0.29, 0.717) is 33.9 Å². The summed E-state index contributed by atoms with van der Waals surface area (Å²) in [7, 11) is 0. The van der Waals surface area contributed by atoms with Crippen molar-refractivity contribution >= 4 is 28.9 Å². The highest BCUT2D eigenvalue weighted by molar-refractivity contribution is 6.30. The Bertz CT molecular complexity index is 1040. The molecule has 1 fully saturated rings. The van der Waals surface area contributed by atoms with Crippen LogP contribution < -0.4 is 0 Å². The first-order valence-corrected chi connectivity index (χ1v) is 10.3. The summed E-state index contributed by atoms with van der Waals surface area (Å²) in [6.45, 7) is 3.37. The van der Waals surface area contributed by atoms with Crippen molar-refractivity contribution in [3.63, 3.8) is 0 Å². The van der Waals surface area contributed by atoms with Gasteiger partial charge >= 0.3 is 5.97 Å². The zero-order valence-electron chi connectivity index (χ0n) is 16.4. The van der Waals surface area contributed by atoms with Gasteiger partial charge in [-0.3, -0.25) is 9.59 Å². The lowest BCUT2D eigenvalue weighted by Gasteiger charge is -2.26. The topological polar surface area (TPSA) is 43.4 Å². The standard InChI is InChI=1S/C24H22ClFO3/c1-3-14-4-5-15(19-9-8-18(25)12-21(19)26)11-20(14)22-23(28)16-6-7-17(10-16)24(22)29-13(2)27/h4-5,8-9,11-12,16-17H,3,6-7,10H2,1-2H3/t16-,17-/m0/s1. The molecule has 0 N–H and O–H groups in total. The molecule has 2 atom stereocenters. The number of allylic oxidation sites excluding steroid dienone is 2. The van der Waals surface area contributed by atoms with Crippen LogP contribution in [0.4, 0.5) is 4.39 Å². The van der Waals surface area contributed by atoms with Crippen molar-refractivity contribution in [3.05, 3.63) is 64.1 Å². The number of rotatable bonds is 4. The lowest BCUT2D eigenvalue weighted by atomic mass is 9.81. The fraction of sp³-hybridized carbons (Fsp3) is 0.333. The van der Waals surface area contributed by atoms with Crippen molar-refractivity contribution in [2.24, 2.45) is 11.8 Å². The van der Waals surface area contributed by atoms with E-state index in [0.717, 1.165) is 30.4 Å². The van der Waals surface area contributed by atoms with Crippen molar-refractivity contribution < 1.29 is 18.7 Å². The largest absolute Gasteiger partial charge is 0.430 e. The van der Waals surface area contributed by atoms with Gasteiger partial charge in [-0.1, -0.05) is 30.7 Å². The second-order valence-corrected chi connectivity index (χ2v) is 8.19. The minimum absolute atomic E-state index is 0.0263. The smallest absolute Gasteiger partial charge is 0.307 e. The van der Waals surface area contributed by atoms with Gasteiger partial charge in [0.05, 0.1) is 5.57 Å². The number of fused-ring (bicyclic) bond motifs is 2. The van der Waals surface area contributed by atoms with Crippen molar-refractivity contribution in [2.45, 2.75) is 39.5 Å². The summed E-state index contributed by atoms with van der Waals surface area (Å²) in [6, 6.07) is 10.2. The molecule has 2 aromatic carbocycles. The molecule has 0 radical (unpaired) electrons. The first kappa shape index (κ1) is 19.8. The average Bonchev–Trinajstić information content (AvgIpc) is 3.12. The summed E-state index contributed by atoms with van der Waals surface area (Å²) >= 11 is 5.89. The fourth-order valence-electron chi connectivity index (χ4n) is 4.55. The summed E-state index contributed by atoms with van der Waals surface area (Å²) in [4.78, 5) is 25.0. The summed E-state index contributed by atoms with van der Waals surface area (Å²) in [5.41, 5.74) is 3.27. The van der Waals surface area contributed by atoms with Crippen LogP contribution in [0.15, 0.2) is 42.2 Å². The van der Waals surface area contributed by atoms with Crippen molar-refractivity contribution in [1.82, 2.24) is 0 Å². The Labute approximate surface area is 174 Å². The molecule has 0 unspecified atom stereocenters. The number of halogens is 2. The summed E-state index contributed by atoms with van der Waals surface area (Å²) in [5, 5.41) is 0.329. The monoisotopic (exact) mass is 412 g/mol. The third-order valence-corrected chi connectivity index (χ3v) is 6.16. The number of esters is 1. The van der Waals surface area contributed by atoms with Crippen LogP contribution >= 0.6 is 11.6 Å². The molecule has 0 spiro atoms. The molecule has 150 valence electrons. The van der Waals surface area contributed by atoms with Crippen LogP contribution in [0.1, 0.15) is 44.2 Å². The maximum atomic E-state index is 14.5. The van der Waals surface area contributed by atoms with Gasteiger partial charge in [-0.05, 0) is 66.6 Å². The van der Waals surface area contributed by atoms with Gasteiger partial charge in [0.15, 0.2) is 5.78 Å². The predicted octanol–water partition coefficient (Wildman–Crippen LogP) is 5.98. The predicted molar refractivity (Wildman–Crippen MR) is 111 cm³/mol. The van der Waals surface area contributed by atoms with Crippen molar-refractivity contribution in [2.75, 3.05) is 0 Å². The first-order valence-electron chi connectivity index (χ1n) is 9.94. The minimum atomic E-state index is -0.423. The van der Waals surface area contributed by atoms with Gasteiger partial charge in [0.25, 0.3) is 0 Å². The number of carbonyl (C=O) groups is 2. The number of hydrogen-bond donors (Lipinski definition) is 0. The van der Waals surface area contributed by atoms with Gasteiger partial charge < -0.3 is 4.74 Å². The second-order valence-electron chi connectivity index (χ2n) is 7.75. The van der Waals surface area contributed by atoms with E-state index in [1.807, 2.05) is 25.1 Å². The highest BCUT2D eigenvalue weighted by Gasteiger charge is 2.43. The molecule has 2 aliphatic rings. The highest BCUT2D eigenvalue weighted by Crippen LogP contribution is 2.47. The van der Waals surface area contributed by atoms with Gasteiger partial charge in [0.1, 0.15) is 11.6 Å². The van der Waals surface area contributed by atoms with Crippen molar-refractivity contribution in [3.8, 4) is 11.1 Å². The normalized spacial score (nSPS) is 20.9. The van der Waals surface area contributed by atoms with E-state index in [1.165, 1.54) is 13.0 Å². The van der Waals surface area contributed by atoms with Crippen LogP contribution in [0.3, 0.4) is 0 Å². The molecule has 2 bridgehead atoms. The van der Waals surface area contributed by atoms with Gasteiger partial charge in [0, 0.05) is 29.3 Å². The molecule has 5 heteroatoms. The van der Waals surface area contributed by atoms with Crippen LogP contribution in [-0.2, 0) is 20.7 Å². The number of ketones is 1. The molecule has 2 aliphatic carbocycles. The molecule has 0 aromatic heterocycles. The first-order chi connectivity index (χ1) is 13.9. The second kappa shape index (κ2) is 7.75. The zero-order chi connectivity index (χ0) is 20.7. The van der Waals surface area contributed by atoms with Gasteiger partial charge in [-0.15, -0.1) is 0 Å². The number of hydrogen-bond acceptors (Lipinski definition) is 3. The van der Waals surface area contributed by atoms with Crippen LogP contribution in [0.5, 0.6) is 0 Å². The van der Waals surface area contributed by atoms with E-state index in [-0.39, 0.29) is 17.6 Å². The number of aryl methyl sites for hydroxylation is 1.